The van der Waals surface area contributed by atoms with Crippen molar-refractivity contribution in [3.8, 4) is 0 Å². The Balaban J connectivity index is 1.74. The van der Waals surface area contributed by atoms with E-state index in [1.54, 1.807) is 12.1 Å². The van der Waals surface area contributed by atoms with E-state index in [1.165, 1.54) is 11.8 Å². The zero-order valence-electron chi connectivity index (χ0n) is 14.8. The molecule has 1 aliphatic rings. The van der Waals surface area contributed by atoms with Gasteiger partial charge in [-0.1, -0.05) is 42.1 Å². The third-order valence-electron chi connectivity index (χ3n) is 3.88. The van der Waals surface area contributed by atoms with E-state index in [-0.39, 0.29) is 11.8 Å². The zero-order valence-corrected chi connectivity index (χ0v) is 15.6. The summed E-state index contributed by atoms with van der Waals surface area (Å²) in [5.41, 5.74) is 2.19. The van der Waals surface area contributed by atoms with Crippen LogP contribution in [0.5, 0.6) is 0 Å². The van der Waals surface area contributed by atoms with Crippen LogP contribution in [0.2, 0.25) is 0 Å². The van der Waals surface area contributed by atoms with E-state index < -0.39 is 0 Å². The number of nitrogens with zero attached hydrogens (tertiary/aromatic N) is 1. The predicted molar refractivity (Wildman–Crippen MR) is 106 cm³/mol. The summed E-state index contributed by atoms with van der Waals surface area (Å²) in [6.45, 7) is 1.35. The average Bonchev–Trinajstić information content (AvgIpc) is 2.62. The van der Waals surface area contributed by atoms with Gasteiger partial charge in [-0.05, 0) is 43.9 Å². The second-order valence-electron chi connectivity index (χ2n) is 6.25. The SMILES string of the molecule is CN(C)CCNC(=O)c1ccc2c(c1)NC(=O)C(=Cc1ccccc1)S2. The Labute approximate surface area is 157 Å². The van der Waals surface area contributed by atoms with Gasteiger partial charge in [0.05, 0.1) is 10.6 Å². The van der Waals surface area contributed by atoms with E-state index in [9.17, 15) is 9.59 Å². The van der Waals surface area contributed by atoms with Crippen LogP contribution in [0.15, 0.2) is 58.3 Å². The van der Waals surface area contributed by atoms with Crippen LogP contribution >= 0.6 is 11.8 Å². The van der Waals surface area contributed by atoms with E-state index in [2.05, 4.69) is 10.6 Å². The highest BCUT2D eigenvalue weighted by Crippen LogP contribution is 2.39. The van der Waals surface area contributed by atoms with Gasteiger partial charge < -0.3 is 15.5 Å². The third kappa shape index (κ3) is 4.53. The van der Waals surface area contributed by atoms with Crippen LogP contribution in [-0.4, -0.2) is 43.9 Å². The first kappa shape index (κ1) is 18.2. The van der Waals surface area contributed by atoms with Gasteiger partial charge in [-0.3, -0.25) is 9.59 Å². The van der Waals surface area contributed by atoms with Crippen LogP contribution in [0.1, 0.15) is 15.9 Å². The quantitative estimate of drug-likeness (QED) is 0.798. The Morgan fingerprint density at radius 1 is 1.19 bits per heavy atom. The molecule has 0 unspecified atom stereocenters. The summed E-state index contributed by atoms with van der Waals surface area (Å²) in [6.07, 6.45) is 1.87. The van der Waals surface area contributed by atoms with Gasteiger partial charge in [0.2, 0.25) is 0 Å². The molecule has 0 radical (unpaired) electrons. The van der Waals surface area contributed by atoms with Gasteiger partial charge >= 0.3 is 0 Å². The first-order valence-corrected chi connectivity index (χ1v) is 9.17. The van der Waals surface area contributed by atoms with Crippen LogP contribution in [0.25, 0.3) is 6.08 Å². The fourth-order valence-electron chi connectivity index (χ4n) is 2.50. The van der Waals surface area contributed by atoms with Crippen molar-refractivity contribution in [1.82, 2.24) is 10.2 Å². The Morgan fingerprint density at radius 2 is 1.96 bits per heavy atom. The van der Waals surface area contributed by atoms with Gasteiger partial charge in [0.1, 0.15) is 0 Å². The summed E-state index contributed by atoms with van der Waals surface area (Å²) >= 11 is 1.41. The number of rotatable bonds is 5. The van der Waals surface area contributed by atoms with Crippen molar-refractivity contribution in [2.75, 3.05) is 32.5 Å². The van der Waals surface area contributed by atoms with Crippen molar-refractivity contribution < 1.29 is 9.59 Å². The minimum absolute atomic E-state index is 0.139. The van der Waals surface area contributed by atoms with Gasteiger partial charge in [0, 0.05) is 23.5 Å². The standard InChI is InChI=1S/C20H21N3O2S/c1-23(2)11-10-21-19(24)15-8-9-17-16(13-15)22-20(25)18(26-17)12-14-6-4-3-5-7-14/h3-9,12-13H,10-11H2,1-2H3,(H,21,24)(H,22,25). The van der Waals surface area contributed by atoms with Crippen molar-refractivity contribution in [2.45, 2.75) is 4.90 Å². The molecule has 0 aromatic heterocycles. The van der Waals surface area contributed by atoms with Crippen molar-refractivity contribution in [2.24, 2.45) is 0 Å². The summed E-state index contributed by atoms with van der Waals surface area (Å²) in [4.78, 5) is 28.2. The molecule has 0 atom stereocenters. The second-order valence-corrected chi connectivity index (χ2v) is 7.33. The van der Waals surface area contributed by atoms with Crippen LogP contribution in [0.3, 0.4) is 0 Å². The number of anilines is 1. The first-order valence-electron chi connectivity index (χ1n) is 8.36. The number of hydrogen-bond acceptors (Lipinski definition) is 4. The molecule has 2 aromatic carbocycles. The number of fused-ring (bicyclic) bond motifs is 1. The van der Waals surface area contributed by atoms with Crippen LogP contribution in [0, 0.1) is 0 Å². The molecule has 6 heteroatoms. The summed E-state index contributed by atoms with van der Waals surface area (Å²) in [6, 6.07) is 15.1. The average molecular weight is 367 g/mol. The van der Waals surface area contributed by atoms with E-state index in [4.69, 9.17) is 0 Å². The number of carbonyl (C=O) groups is 2. The van der Waals surface area contributed by atoms with Crippen LogP contribution in [0.4, 0.5) is 5.69 Å². The lowest BCUT2D eigenvalue weighted by molar-refractivity contribution is -0.112. The molecule has 134 valence electrons. The molecule has 1 heterocycles. The molecular formula is C20H21N3O2S. The molecule has 1 aliphatic heterocycles. The molecule has 0 saturated heterocycles. The summed E-state index contributed by atoms with van der Waals surface area (Å²) < 4.78 is 0. The lowest BCUT2D eigenvalue weighted by Crippen LogP contribution is -2.31. The minimum Gasteiger partial charge on any atom is -0.351 e. The Hall–Kier alpha value is -2.57. The topological polar surface area (TPSA) is 61.4 Å². The van der Waals surface area contributed by atoms with E-state index in [0.29, 0.717) is 22.7 Å². The maximum Gasteiger partial charge on any atom is 0.262 e. The third-order valence-corrected chi connectivity index (χ3v) is 4.97. The molecule has 3 rings (SSSR count). The smallest absolute Gasteiger partial charge is 0.262 e. The van der Waals surface area contributed by atoms with E-state index in [0.717, 1.165) is 17.0 Å². The second kappa shape index (κ2) is 8.21. The Morgan fingerprint density at radius 3 is 2.69 bits per heavy atom. The summed E-state index contributed by atoms with van der Waals surface area (Å²) in [7, 11) is 3.91. The lowest BCUT2D eigenvalue weighted by atomic mass is 10.1. The van der Waals surface area contributed by atoms with E-state index >= 15 is 0 Å². The maximum atomic E-state index is 12.4. The van der Waals surface area contributed by atoms with Gasteiger partial charge in [-0.25, -0.2) is 0 Å². The molecule has 5 nitrogen and oxygen atoms in total. The molecule has 2 N–H and O–H groups in total. The van der Waals surface area contributed by atoms with Crippen LogP contribution in [-0.2, 0) is 4.79 Å². The number of carbonyl (C=O) groups excluding carboxylic acids is 2. The highest BCUT2D eigenvalue weighted by molar-refractivity contribution is 8.04. The zero-order chi connectivity index (χ0) is 18.5. The van der Waals surface area contributed by atoms with Gasteiger partial charge in [-0.2, -0.15) is 0 Å². The molecule has 0 spiro atoms. The largest absolute Gasteiger partial charge is 0.351 e. The number of thioether (sulfide) groups is 1. The monoisotopic (exact) mass is 367 g/mol. The highest BCUT2D eigenvalue weighted by atomic mass is 32.2. The molecule has 2 aromatic rings. The highest BCUT2D eigenvalue weighted by Gasteiger charge is 2.22. The fourth-order valence-corrected chi connectivity index (χ4v) is 3.43. The summed E-state index contributed by atoms with van der Waals surface area (Å²) in [5, 5.41) is 5.76. The normalized spacial score (nSPS) is 14.9. The van der Waals surface area contributed by atoms with Crippen LogP contribution < -0.4 is 10.6 Å². The lowest BCUT2D eigenvalue weighted by Gasteiger charge is -2.19. The number of likely N-dealkylation sites (N-methyl/N-ethyl adjacent to an activating group) is 1. The Bertz CT molecular complexity index is 847. The van der Waals surface area contributed by atoms with E-state index in [1.807, 2.05) is 61.5 Å². The van der Waals surface area contributed by atoms with Crippen molar-refractivity contribution in [1.29, 1.82) is 0 Å². The molecule has 0 bridgehead atoms. The first-order chi connectivity index (χ1) is 12.5. The molecule has 2 amide bonds. The maximum absolute atomic E-state index is 12.4. The Kier molecular flexibility index (Phi) is 5.75. The predicted octanol–water partition coefficient (Wildman–Crippen LogP) is 3.06. The number of amides is 2. The fraction of sp³-hybridized carbons (Fsp3) is 0.200. The van der Waals surface area contributed by atoms with Crippen molar-refractivity contribution in [3.05, 3.63) is 64.6 Å². The molecule has 0 fully saturated rings. The number of benzene rings is 2. The number of hydrogen-bond donors (Lipinski definition) is 2. The summed E-state index contributed by atoms with van der Waals surface area (Å²) in [5.74, 6) is -0.295. The van der Waals surface area contributed by atoms with Gasteiger partial charge in [0.25, 0.3) is 11.8 Å². The van der Waals surface area contributed by atoms with Gasteiger partial charge in [-0.15, -0.1) is 0 Å². The minimum atomic E-state index is -0.156. The molecule has 0 aliphatic carbocycles. The number of nitrogens with one attached hydrogen (secondary N) is 2. The van der Waals surface area contributed by atoms with Crippen molar-refractivity contribution in [3.63, 3.8) is 0 Å². The van der Waals surface area contributed by atoms with Crippen molar-refractivity contribution >= 4 is 35.3 Å². The van der Waals surface area contributed by atoms with Gasteiger partial charge in [0.15, 0.2) is 0 Å². The molecule has 26 heavy (non-hydrogen) atoms. The molecule has 0 saturated carbocycles. The molecular weight excluding hydrogens is 346 g/mol.